The van der Waals surface area contributed by atoms with Crippen LogP contribution in [-0.2, 0) is 9.47 Å². The van der Waals surface area contributed by atoms with E-state index in [0.29, 0.717) is 23.9 Å². The van der Waals surface area contributed by atoms with Gasteiger partial charge in [0, 0.05) is 31.3 Å². The quantitative estimate of drug-likeness (QED) is 0.799. The third-order valence-electron chi connectivity index (χ3n) is 4.99. The summed E-state index contributed by atoms with van der Waals surface area (Å²) in [5.41, 5.74) is 6.81. The largest absolute Gasteiger partial charge is 0.381 e. The Morgan fingerprint density at radius 3 is 2.67 bits per heavy atom. The second-order valence-corrected chi connectivity index (χ2v) is 7.06. The Kier molecular flexibility index (Phi) is 5.64. The summed E-state index contributed by atoms with van der Waals surface area (Å²) in [5.74, 6) is 1.85. The molecule has 3 N–H and O–H groups in total. The van der Waals surface area contributed by atoms with E-state index in [1.807, 2.05) is 30.3 Å². The van der Waals surface area contributed by atoms with E-state index in [9.17, 15) is 0 Å². The molecule has 27 heavy (non-hydrogen) atoms. The summed E-state index contributed by atoms with van der Waals surface area (Å²) in [5, 5.41) is 3.18. The van der Waals surface area contributed by atoms with E-state index in [0.717, 1.165) is 57.9 Å². The highest BCUT2D eigenvalue weighted by Crippen LogP contribution is 2.22. The summed E-state index contributed by atoms with van der Waals surface area (Å²) in [4.78, 5) is 15.2. The van der Waals surface area contributed by atoms with Crippen LogP contribution in [0, 0.1) is 5.92 Å². The summed E-state index contributed by atoms with van der Waals surface area (Å²) in [6, 6.07) is 9.78. The number of nitrogens with one attached hydrogen (secondary N) is 1. The summed E-state index contributed by atoms with van der Waals surface area (Å²) in [6.07, 6.45) is 3.32. The minimum absolute atomic E-state index is 0.220. The second-order valence-electron chi connectivity index (χ2n) is 7.06. The van der Waals surface area contributed by atoms with Crippen LogP contribution >= 0.6 is 0 Å². The molecular formula is C19H26N6O2. The molecule has 0 radical (unpaired) electrons. The molecule has 1 unspecified atom stereocenters. The van der Waals surface area contributed by atoms with Crippen molar-refractivity contribution in [1.29, 1.82) is 0 Å². The number of hydrogen-bond acceptors (Lipinski definition) is 8. The topological polar surface area (TPSA) is 98.4 Å². The number of rotatable bonds is 6. The highest BCUT2D eigenvalue weighted by atomic mass is 16.5. The van der Waals surface area contributed by atoms with Crippen molar-refractivity contribution in [3.8, 4) is 0 Å². The van der Waals surface area contributed by atoms with E-state index < -0.39 is 0 Å². The number of aromatic nitrogens is 3. The van der Waals surface area contributed by atoms with Crippen molar-refractivity contribution >= 4 is 23.5 Å². The van der Waals surface area contributed by atoms with Gasteiger partial charge in [-0.05, 0) is 31.4 Å². The Labute approximate surface area is 159 Å². The first-order chi connectivity index (χ1) is 13.3. The number of benzene rings is 1. The van der Waals surface area contributed by atoms with Crippen LogP contribution in [0.4, 0.5) is 23.5 Å². The molecule has 0 spiro atoms. The first kappa shape index (κ1) is 17.9. The van der Waals surface area contributed by atoms with Crippen molar-refractivity contribution in [2.24, 2.45) is 5.92 Å². The van der Waals surface area contributed by atoms with Crippen molar-refractivity contribution < 1.29 is 9.47 Å². The van der Waals surface area contributed by atoms with Gasteiger partial charge in [0.25, 0.3) is 0 Å². The van der Waals surface area contributed by atoms with Crippen molar-refractivity contribution in [3.05, 3.63) is 30.3 Å². The molecular weight excluding hydrogens is 344 g/mol. The van der Waals surface area contributed by atoms with Gasteiger partial charge in [-0.25, -0.2) is 0 Å². The molecule has 144 valence electrons. The first-order valence-electron chi connectivity index (χ1n) is 9.54. The van der Waals surface area contributed by atoms with Crippen LogP contribution in [0.15, 0.2) is 30.3 Å². The van der Waals surface area contributed by atoms with Gasteiger partial charge in [-0.2, -0.15) is 15.0 Å². The van der Waals surface area contributed by atoms with Gasteiger partial charge < -0.3 is 25.4 Å². The van der Waals surface area contributed by atoms with Crippen LogP contribution in [0.3, 0.4) is 0 Å². The molecule has 2 aromatic rings. The summed E-state index contributed by atoms with van der Waals surface area (Å²) >= 11 is 0. The zero-order chi connectivity index (χ0) is 18.5. The smallest absolute Gasteiger partial charge is 0.233 e. The first-order valence-corrected chi connectivity index (χ1v) is 9.54. The van der Waals surface area contributed by atoms with E-state index in [-0.39, 0.29) is 5.95 Å². The molecule has 0 bridgehead atoms. The van der Waals surface area contributed by atoms with E-state index in [1.54, 1.807) is 0 Å². The molecule has 4 rings (SSSR count). The Balaban J connectivity index is 1.33. The maximum atomic E-state index is 6.08. The Hall–Kier alpha value is -2.45. The average Bonchev–Trinajstić information content (AvgIpc) is 3.21. The number of piperidine rings is 1. The SMILES string of the molecule is Nc1nc(Nc2ccccc2)nc(N2CCC(OCC3CCOC3)CC2)n1. The lowest BCUT2D eigenvalue weighted by Gasteiger charge is -2.32. The van der Waals surface area contributed by atoms with E-state index >= 15 is 0 Å². The monoisotopic (exact) mass is 370 g/mol. The van der Waals surface area contributed by atoms with Crippen molar-refractivity contribution in [1.82, 2.24) is 15.0 Å². The molecule has 3 heterocycles. The van der Waals surface area contributed by atoms with Crippen LogP contribution in [0.5, 0.6) is 0 Å². The average molecular weight is 370 g/mol. The Morgan fingerprint density at radius 1 is 1.11 bits per heavy atom. The Bertz CT molecular complexity index is 730. The molecule has 0 saturated carbocycles. The predicted molar refractivity (Wildman–Crippen MR) is 104 cm³/mol. The highest BCUT2D eigenvalue weighted by molar-refractivity contribution is 5.55. The van der Waals surface area contributed by atoms with Crippen LogP contribution in [0.1, 0.15) is 19.3 Å². The zero-order valence-electron chi connectivity index (χ0n) is 15.4. The predicted octanol–water partition coefficient (Wildman–Crippen LogP) is 2.22. The molecule has 2 saturated heterocycles. The Morgan fingerprint density at radius 2 is 1.93 bits per heavy atom. The number of anilines is 4. The van der Waals surface area contributed by atoms with Gasteiger partial charge in [0.2, 0.25) is 17.8 Å². The highest BCUT2D eigenvalue weighted by Gasteiger charge is 2.24. The van der Waals surface area contributed by atoms with Crippen molar-refractivity contribution in [2.45, 2.75) is 25.4 Å². The fourth-order valence-electron chi connectivity index (χ4n) is 3.44. The molecule has 2 aliphatic rings. The number of nitrogen functional groups attached to an aromatic ring is 1. The zero-order valence-corrected chi connectivity index (χ0v) is 15.4. The van der Waals surface area contributed by atoms with Crippen molar-refractivity contribution in [3.63, 3.8) is 0 Å². The maximum Gasteiger partial charge on any atom is 0.233 e. The number of nitrogens with two attached hydrogens (primary N) is 1. The third-order valence-corrected chi connectivity index (χ3v) is 4.99. The van der Waals surface area contributed by atoms with Crippen LogP contribution in [0.25, 0.3) is 0 Å². The molecule has 2 fully saturated rings. The van der Waals surface area contributed by atoms with Gasteiger partial charge in [-0.15, -0.1) is 0 Å². The fourth-order valence-corrected chi connectivity index (χ4v) is 3.44. The fraction of sp³-hybridized carbons (Fsp3) is 0.526. The molecule has 2 aliphatic heterocycles. The summed E-state index contributed by atoms with van der Waals surface area (Å²) in [6.45, 7) is 4.20. The van der Waals surface area contributed by atoms with Crippen molar-refractivity contribution in [2.75, 3.05) is 48.9 Å². The molecule has 8 heteroatoms. The van der Waals surface area contributed by atoms with Crippen LogP contribution in [0.2, 0.25) is 0 Å². The van der Waals surface area contributed by atoms with E-state index in [1.165, 1.54) is 0 Å². The van der Waals surface area contributed by atoms with E-state index in [4.69, 9.17) is 15.2 Å². The standard InChI is InChI=1S/C19H26N6O2/c20-17-22-18(21-15-4-2-1-3-5-15)24-19(23-17)25-9-6-16(7-10-25)27-13-14-8-11-26-12-14/h1-5,14,16H,6-13H2,(H3,20,21,22,23,24). The lowest BCUT2D eigenvalue weighted by molar-refractivity contribution is 0.0130. The minimum atomic E-state index is 0.220. The minimum Gasteiger partial charge on any atom is -0.381 e. The van der Waals surface area contributed by atoms with E-state index in [2.05, 4.69) is 25.2 Å². The second kappa shape index (κ2) is 8.49. The molecule has 8 nitrogen and oxygen atoms in total. The van der Waals surface area contributed by atoms with Gasteiger partial charge in [0.05, 0.1) is 19.3 Å². The maximum absolute atomic E-state index is 6.08. The van der Waals surface area contributed by atoms with Crippen LogP contribution < -0.4 is 16.0 Å². The molecule has 0 amide bonds. The molecule has 1 atom stereocenters. The van der Waals surface area contributed by atoms with Crippen LogP contribution in [-0.4, -0.2) is 54.0 Å². The third kappa shape index (κ3) is 4.84. The number of nitrogens with zero attached hydrogens (tertiary/aromatic N) is 4. The number of ether oxygens (including phenoxy) is 2. The van der Waals surface area contributed by atoms with Gasteiger partial charge in [0.1, 0.15) is 0 Å². The van der Waals surface area contributed by atoms with Gasteiger partial charge in [-0.1, -0.05) is 18.2 Å². The normalized spacial score (nSPS) is 20.7. The lowest BCUT2D eigenvalue weighted by Crippen LogP contribution is -2.38. The number of hydrogen-bond donors (Lipinski definition) is 2. The van der Waals surface area contributed by atoms with Gasteiger partial charge in [-0.3, -0.25) is 0 Å². The molecule has 1 aromatic carbocycles. The lowest BCUT2D eigenvalue weighted by atomic mass is 10.1. The molecule has 0 aliphatic carbocycles. The van der Waals surface area contributed by atoms with Gasteiger partial charge in [0.15, 0.2) is 0 Å². The van der Waals surface area contributed by atoms with Gasteiger partial charge >= 0.3 is 0 Å². The molecule has 1 aromatic heterocycles. The summed E-state index contributed by atoms with van der Waals surface area (Å²) in [7, 11) is 0. The number of para-hydroxylation sites is 1. The summed E-state index contributed by atoms with van der Waals surface area (Å²) < 4.78 is 11.5.